The largest absolute Gasteiger partial charge is 0.351 e. The molecule has 0 saturated heterocycles. The van der Waals surface area contributed by atoms with Gasteiger partial charge in [0, 0.05) is 10.6 Å². The summed E-state index contributed by atoms with van der Waals surface area (Å²) in [6, 6.07) is 22.7. The number of aryl methyl sites for hydroxylation is 1. The van der Waals surface area contributed by atoms with Crippen LogP contribution in [-0.4, -0.2) is 5.11 Å². The summed E-state index contributed by atoms with van der Waals surface area (Å²) in [6.45, 7) is 2.07. The Morgan fingerprint density at radius 1 is 0.957 bits per heavy atom. The summed E-state index contributed by atoms with van der Waals surface area (Å²) < 4.78 is 0. The summed E-state index contributed by atoms with van der Waals surface area (Å²) in [6.07, 6.45) is 0. The first-order valence-corrected chi connectivity index (χ1v) is 8.74. The quantitative estimate of drug-likeness (QED) is 0.645. The molecule has 1 atom stereocenters. The molecule has 23 heavy (non-hydrogen) atoms. The van der Waals surface area contributed by atoms with Crippen molar-refractivity contribution >= 4 is 34.4 Å². The highest BCUT2D eigenvalue weighted by molar-refractivity contribution is 7.80. The Labute approximate surface area is 146 Å². The Bertz CT molecular complexity index is 767. The molecule has 2 nitrogen and oxygen atoms in total. The average Bonchev–Trinajstić information content (AvgIpc) is 3.10. The van der Waals surface area contributed by atoms with E-state index >= 15 is 0 Å². The lowest BCUT2D eigenvalue weighted by atomic mass is 10.1. The van der Waals surface area contributed by atoms with Crippen molar-refractivity contribution in [2.24, 2.45) is 0 Å². The number of hydrogen-bond acceptors (Lipinski definition) is 2. The van der Waals surface area contributed by atoms with Gasteiger partial charge >= 0.3 is 0 Å². The molecular weight excluding hydrogens is 320 g/mol. The third-order valence-corrected chi connectivity index (χ3v) is 4.79. The van der Waals surface area contributed by atoms with E-state index < -0.39 is 0 Å². The summed E-state index contributed by atoms with van der Waals surface area (Å²) >= 11 is 7.26. The Morgan fingerprint density at radius 2 is 1.70 bits per heavy atom. The van der Waals surface area contributed by atoms with E-state index in [-0.39, 0.29) is 6.04 Å². The highest BCUT2D eigenvalue weighted by Crippen LogP contribution is 2.26. The van der Waals surface area contributed by atoms with Gasteiger partial charge in [-0.25, -0.2) is 0 Å². The molecule has 0 aliphatic rings. The van der Waals surface area contributed by atoms with Crippen molar-refractivity contribution in [3.8, 4) is 0 Å². The minimum atomic E-state index is 0.0558. The number of para-hydroxylation sites is 1. The highest BCUT2D eigenvalue weighted by atomic mass is 32.1. The summed E-state index contributed by atoms with van der Waals surface area (Å²) in [5.74, 6) is 0. The minimum absolute atomic E-state index is 0.0558. The number of thiocarbonyl (C=S) groups is 1. The molecule has 116 valence electrons. The molecule has 0 radical (unpaired) electrons. The van der Waals surface area contributed by atoms with E-state index in [1.165, 1.54) is 16.0 Å². The van der Waals surface area contributed by atoms with Crippen molar-refractivity contribution in [3.05, 3.63) is 88.1 Å². The van der Waals surface area contributed by atoms with Crippen LogP contribution >= 0.6 is 23.6 Å². The molecule has 0 bridgehead atoms. The van der Waals surface area contributed by atoms with E-state index in [0.29, 0.717) is 5.11 Å². The Morgan fingerprint density at radius 3 is 2.39 bits per heavy atom. The molecule has 0 spiro atoms. The Balaban J connectivity index is 1.79. The van der Waals surface area contributed by atoms with E-state index in [9.17, 15) is 0 Å². The molecule has 1 aromatic heterocycles. The Kier molecular flexibility index (Phi) is 5.05. The SMILES string of the molecule is Cc1ccccc1NC(=S)N[C@H](c1ccccc1)c1cccs1. The second-order valence-electron chi connectivity index (χ2n) is 5.27. The summed E-state index contributed by atoms with van der Waals surface area (Å²) in [7, 11) is 0. The van der Waals surface area contributed by atoms with Crippen molar-refractivity contribution in [2.75, 3.05) is 5.32 Å². The topological polar surface area (TPSA) is 24.1 Å². The van der Waals surface area contributed by atoms with Crippen LogP contribution in [0.25, 0.3) is 0 Å². The molecule has 0 fully saturated rings. The van der Waals surface area contributed by atoms with Crippen LogP contribution in [0.1, 0.15) is 22.0 Å². The molecular formula is C19H18N2S2. The van der Waals surface area contributed by atoms with Gasteiger partial charge < -0.3 is 10.6 Å². The predicted molar refractivity (Wildman–Crippen MR) is 103 cm³/mol. The van der Waals surface area contributed by atoms with Gasteiger partial charge in [0.2, 0.25) is 0 Å². The number of benzene rings is 2. The fourth-order valence-corrected chi connectivity index (χ4v) is 3.45. The van der Waals surface area contributed by atoms with Crippen LogP contribution < -0.4 is 10.6 Å². The first kappa shape index (κ1) is 15.7. The van der Waals surface area contributed by atoms with Crippen LogP contribution in [0.4, 0.5) is 5.69 Å². The zero-order valence-electron chi connectivity index (χ0n) is 12.8. The molecule has 0 aliphatic carbocycles. The van der Waals surface area contributed by atoms with Crippen molar-refractivity contribution in [1.29, 1.82) is 0 Å². The second-order valence-corrected chi connectivity index (χ2v) is 6.66. The normalized spacial score (nSPS) is 11.7. The monoisotopic (exact) mass is 338 g/mol. The molecule has 3 rings (SSSR count). The predicted octanol–water partition coefficient (Wildman–Crippen LogP) is 5.13. The van der Waals surface area contributed by atoms with E-state index in [1.807, 2.05) is 24.3 Å². The van der Waals surface area contributed by atoms with Crippen LogP contribution in [0.5, 0.6) is 0 Å². The zero-order chi connectivity index (χ0) is 16.1. The zero-order valence-corrected chi connectivity index (χ0v) is 14.5. The van der Waals surface area contributed by atoms with Gasteiger partial charge in [0.25, 0.3) is 0 Å². The van der Waals surface area contributed by atoms with Crippen molar-refractivity contribution < 1.29 is 0 Å². The minimum Gasteiger partial charge on any atom is -0.351 e. The van der Waals surface area contributed by atoms with Gasteiger partial charge in [-0.15, -0.1) is 11.3 Å². The summed E-state index contributed by atoms with van der Waals surface area (Å²) in [5, 5.41) is 9.45. The summed E-state index contributed by atoms with van der Waals surface area (Å²) in [5.41, 5.74) is 3.40. The van der Waals surface area contributed by atoms with Crippen LogP contribution in [0.3, 0.4) is 0 Å². The van der Waals surface area contributed by atoms with Gasteiger partial charge in [-0.1, -0.05) is 54.6 Å². The van der Waals surface area contributed by atoms with Gasteiger partial charge in [-0.05, 0) is 47.8 Å². The van der Waals surface area contributed by atoms with Gasteiger partial charge in [0.15, 0.2) is 5.11 Å². The van der Waals surface area contributed by atoms with E-state index in [4.69, 9.17) is 12.2 Å². The van der Waals surface area contributed by atoms with E-state index in [1.54, 1.807) is 11.3 Å². The maximum Gasteiger partial charge on any atom is 0.171 e. The maximum absolute atomic E-state index is 5.53. The molecule has 2 aromatic carbocycles. The lowest BCUT2D eigenvalue weighted by Crippen LogP contribution is -2.32. The van der Waals surface area contributed by atoms with Crippen molar-refractivity contribution in [3.63, 3.8) is 0 Å². The summed E-state index contributed by atoms with van der Waals surface area (Å²) in [4.78, 5) is 1.24. The number of hydrogen-bond donors (Lipinski definition) is 2. The van der Waals surface area contributed by atoms with Crippen LogP contribution in [0, 0.1) is 6.92 Å². The number of thiophene rings is 1. The average molecular weight is 339 g/mol. The number of nitrogens with one attached hydrogen (secondary N) is 2. The molecule has 4 heteroatoms. The van der Waals surface area contributed by atoms with Gasteiger partial charge in [0.05, 0.1) is 6.04 Å². The number of anilines is 1. The first-order chi connectivity index (χ1) is 11.2. The van der Waals surface area contributed by atoms with Crippen LogP contribution in [-0.2, 0) is 0 Å². The van der Waals surface area contributed by atoms with Crippen molar-refractivity contribution in [1.82, 2.24) is 5.32 Å². The van der Waals surface area contributed by atoms with Gasteiger partial charge in [-0.3, -0.25) is 0 Å². The molecule has 0 saturated carbocycles. The van der Waals surface area contributed by atoms with Crippen LogP contribution in [0.2, 0.25) is 0 Å². The molecule has 1 heterocycles. The molecule has 0 aliphatic heterocycles. The fraction of sp³-hybridized carbons (Fsp3) is 0.105. The highest BCUT2D eigenvalue weighted by Gasteiger charge is 2.16. The smallest absolute Gasteiger partial charge is 0.171 e. The third kappa shape index (κ3) is 3.97. The maximum atomic E-state index is 5.53. The van der Waals surface area contributed by atoms with Crippen LogP contribution in [0.15, 0.2) is 72.1 Å². The van der Waals surface area contributed by atoms with Crippen molar-refractivity contribution in [2.45, 2.75) is 13.0 Å². The lowest BCUT2D eigenvalue weighted by Gasteiger charge is -2.21. The molecule has 2 N–H and O–H groups in total. The first-order valence-electron chi connectivity index (χ1n) is 7.45. The Hall–Kier alpha value is -2.17. The molecule has 0 amide bonds. The molecule has 0 unspecified atom stereocenters. The van der Waals surface area contributed by atoms with E-state index in [0.717, 1.165) is 5.69 Å². The second kappa shape index (κ2) is 7.40. The van der Waals surface area contributed by atoms with Gasteiger partial charge in [-0.2, -0.15) is 0 Å². The van der Waals surface area contributed by atoms with Gasteiger partial charge in [0.1, 0.15) is 0 Å². The fourth-order valence-electron chi connectivity index (χ4n) is 2.42. The lowest BCUT2D eigenvalue weighted by molar-refractivity contribution is 0.784. The standard InChI is InChI=1S/C19H18N2S2/c1-14-8-5-6-11-16(14)20-19(22)21-18(17-12-7-13-23-17)15-9-3-2-4-10-15/h2-13,18H,1H3,(H2,20,21,22)/t18-/m1/s1. The number of rotatable bonds is 4. The third-order valence-electron chi connectivity index (χ3n) is 3.63. The molecule has 3 aromatic rings. The van der Waals surface area contributed by atoms with E-state index in [2.05, 4.69) is 65.4 Å².